The summed E-state index contributed by atoms with van der Waals surface area (Å²) in [7, 11) is 0. The highest BCUT2D eigenvalue weighted by Crippen LogP contribution is 2.27. The number of nitrogens with one attached hydrogen (secondary N) is 1. The second-order valence-corrected chi connectivity index (χ2v) is 7.54. The maximum Gasteiger partial charge on any atom is 0.227 e. The van der Waals surface area contributed by atoms with Crippen LogP contribution in [0.1, 0.15) is 23.4 Å². The Morgan fingerprint density at radius 2 is 2.04 bits per heavy atom. The van der Waals surface area contributed by atoms with Gasteiger partial charge in [-0.25, -0.2) is 9.37 Å². The Bertz CT molecular complexity index is 1170. The molecule has 0 aliphatic carbocycles. The SMILES string of the molecule is Cc1ccc2nc(NC(=O)CCc3nc(-c4ccc(F)c(C)c4)no3)sc2c1. The van der Waals surface area contributed by atoms with Gasteiger partial charge in [-0.2, -0.15) is 4.98 Å². The van der Waals surface area contributed by atoms with E-state index < -0.39 is 0 Å². The molecule has 2 aromatic carbocycles. The lowest BCUT2D eigenvalue weighted by atomic mass is 10.1. The normalized spacial score (nSPS) is 11.1. The lowest BCUT2D eigenvalue weighted by Crippen LogP contribution is -2.12. The van der Waals surface area contributed by atoms with Gasteiger partial charge in [0.05, 0.1) is 10.2 Å². The van der Waals surface area contributed by atoms with Crippen LogP contribution in [0.3, 0.4) is 0 Å². The van der Waals surface area contributed by atoms with Crippen LogP contribution in [-0.2, 0) is 11.2 Å². The van der Waals surface area contributed by atoms with Crippen LogP contribution >= 0.6 is 11.3 Å². The van der Waals surface area contributed by atoms with Crippen molar-refractivity contribution in [3.05, 3.63) is 59.2 Å². The smallest absolute Gasteiger partial charge is 0.227 e. The van der Waals surface area contributed by atoms with Crippen molar-refractivity contribution in [3.63, 3.8) is 0 Å². The average molecular weight is 396 g/mol. The van der Waals surface area contributed by atoms with Crippen LogP contribution < -0.4 is 5.32 Å². The van der Waals surface area contributed by atoms with Gasteiger partial charge in [0.15, 0.2) is 5.13 Å². The zero-order valence-corrected chi connectivity index (χ0v) is 16.1. The Hall–Kier alpha value is -3.13. The molecule has 0 spiro atoms. The molecule has 1 amide bonds. The van der Waals surface area contributed by atoms with Crippen LogP contribution in [0.2, 0.25) is 0 Å². The number of hydrogen-bond donors (Lipinski definition) is 1. The molecule has 0 radical (unpaired) electrons. The molecule has 6 nitrogen and oxygen atoms in total. The van der Waals surface area contributed by atoms with E-state index in [1.165, 1.54) is 17.4 Å². The number of amides is 1. The van der Waals surface area contributed by atoms with Crippen molar-refractivity contribution in [1.82, 2.24) is 15.1 Å². The summed E-state index contributed by atoms with van der Waals surface area (Å²) < 4.78 is 19.6. The van der Waals surface area contributed by atoms with Gasteiger partial charge in [-0.1, -0.05) is 22.6 Å². The molecule has 1 N–H and O–H groups in total. The van der Waals surface area contributed by atoms with Crippen molar-refractivity contribution in [3.8, 4) is 11.4 Å². The second kappa shape index (κ2) is 7.47. The van der Waals surface area contributed by atoms with Crippen molar-refractivity contribution in [2.45, 2.75) is 26.7 Å². The molecule has 0 saturated heterocycles. The molecular formula is C20H17FN4O2S. The first kappa shape index (κ1) is 18.2. The van der Waals surface area contributed by atoms with Crippen molar-refractivity contribution < 1.29 is 13.7 Å². The number of thiazole rings is 1. The Balaban J connectivity index is 1.38. The fraction of sp³-hybridized carbons (Fsp3) is 0.200. The van der Waals surface area contributed by atoms with E-state index in [0.29, 0.717) is 34.4 Å². The van der Waals surface area contributed by atoms with E-state index in [1.807, 2.05) is 25.1 Å². The van der Waals surface area contributed by atoms with Crippen LogP contribution in [0.15, 0.2) is 40.9 Å². The highest BCUT2D eigenvalue weighted by Gasteiger charge is 2.13. The molecule has 0 aliphatic rings. The van der Waals surface area contributed by atoms with Gasteiger partial charge in [0, 0.05) is 18.4 Å². The van der Waals surface area contributed by atoms with Gasteiger partial charge in [0.1, 0.15) is 5.82 Å². The lowest BCUT2D eigenvalue weighted by molar-refractivity contribution is -0.116. The minimum atomic E-state index is -0.283. The molecule has 4 rings (SSSR count). The molecule has 2 aromatic heterocycles. The standard InChI is InChI=1S/C20H17FN4O2S/c1-11-3-6-15-16(9-11)28-20(22-15)23-17(26)7-8-18-24-19(25-27-18)13-4-5-14(21)12(2)10-13/h3-6,9-10H,7-8H2,1-2H3,(H,22,23,26). The number of carbonyl (C=O) groups is 1. The van der Waals surface area contributed by atoms with Crippen LogP contribution in [0, 0.1) is 19.7 Å². The van der Waals surface area contributed by atoms with E-state index in [-0.39, 0.29) is 18.1 Å². The molecule has 4 aromatic rings. The van der Waals surface area contributed by atoms with Gasteiger partial charge in [-0.05, 0) is 55.3 Å². The lowest BCUT2D eigenvalue weighted by Gasteiger charge is -1.99. The number of nitrogens with zero attached hydrogens (tertiary/aromatic N) is 3. The molecule has 0 saturated carbocycles. The largest absolute Gasteiger partial charge is 0.339 e. The van der Waals surface area contributed by atoms with Crippen molar-refractivity contribution in [2.24, 2.45) is 0 Å². The van der Waals surface area contributed by atoms with Gasteiger partial charge in [0.25, 0.3) is 0 Å². The van der Waals surface area contributed by atoms with E-state index in [1.54, 1.807) is 19.1 Å². The molecular weight excluding hydrogens is 379 g/mol. The number of benzene rings is 2. The van der Waals surface area contributed by atoms with Gasteiger partial charge in [0.2, 0.25) is 17.6 Å². The predicted molar refractivity (Wildman–Crippen MR) is 106 cm³/mol. The Morgan fingerprint density at radius 3 is 2.86 bits per heavy atom. The number of carbonyl (C=O) groups excluding carboxylic acids is 1. The number of halogens is 1. The number of aryl methyl sites for hydroxylation is 3. The molecule has 0 aliphatic heterocycles. The van der Waals surface area contributed by atoms with Gasteiger partial charge >= 0.3 is 0 Å². The quantitative estimate of drug-likeness (QED) is 0.530. The number of aromatic nitrogens is 3. The summed E-state index contributed by atoms with van der Waals surface area (Å²) in [6.07, 6.45) is 0.502. The predicted octanol–water partition coefficient (Wildman–Crippen LogP) is 4.67. The zero-order valence-electron chi connectivity index (χ0n) is 15.3. The molecule has 0 bridgehead atoms. The van der Waals surface area contributed by atoms with Gasteiger partial charge < -0.3 is 9.84 Å². The van der Waals surface area contributed by atoms with Gasteiger partial charge in [-0.15, -0.1) is 0 Å². The number of fused-ring (bicyclic) bond motifs is 1. The Morgan fingerprint density at radius 1 is 1.18 bits per heavy atom. The zero-order chi connectivity index (χ0) is 19.7. The number of anilines is 1. The molecule has 142 valence electrons. The number of rotatable bonds is 5. The molecule has 28 heavy (non-hydrogen) atoms. The van der Waals surface area contributed by atoms with E-state index in [2.05, 4.69) is 20.4 Å². The maximum absolute atomic E-state index is 13.4. The van der Waals surface area contributed by atoms with Crippen molar-refractivity contribution in [2.75, 3.05) is 5.32 Å². The molecule has 0 unspecified atom stereocenters. The molecule has 8 heteroatoms. The fourth-order valence-electron chi connectivity index (χ4n) is 2.74. The molecule has 0 fully saturated rings. The third-order valence-electron chi connectivity index (χ3n) is 4.24. The van der Waals surface area contributed by atoms with Gasteiger partial charge in [-0.3, -0.25) is 4.79 Å². The van der Waals surface area contributed by atoms with Crippen molar-refractivity contribution in [1.29, 1.82) is 0 Å². The monoisotopic (exact) mass is 396 g/mol. The van der Waals surface area contributed by atoms with E-state index >= 15 is 0 Å². The van der Waals surface area contributed by atoms with Crippen LogP contribution in [-0.4, -0.2) is 21.0 Å². The van der Waals surface area contributed by atoms with Crippen LogP contribution in [0.4, 0.5) is 9.52 Å². The number of hydrogen-bond acceptors (Lipinski definition) is 6. The summed E-state index contributed by atoms with van der Waals surface area (Å²) in [6, 6.07) is 10.6. The third-order valence-corrected chi connectivity index (χ3v) is 5.17. The summed E-state index contributed by atoms with van der Waals surface area (Å²) in [5.41, 5.74) is 3.19. The highest BCUT2D eigenvalue weighted by molar-refractivity contribution is 7.22. The Kier molecular flexibility index (Phi) is 4.87. The minimum Gasteiger partial charge on any atom is -0.339 e. The minimum absolute atomic E-state index is 0.173. The van der Waals surface area contributed by atoms with E-state index in [9.17, 15) is 9.18 Å². The van der Waals surface area contributed by atoms with Crippen LogP contribution in [0.5, 0.6) is 0 Å². The molecule has 2 heterocycles. The highest BCUT2D eigenvalue weighted by atomic mass is 32.1. The molecule has 0 atom stereocenters. The maximum atomic E-state index is 13.4. The van der Waals surface area contributed by atoms with E-state index in [0.717, 1.165) is 15.8 Å². The first-order chi connectivity index (χ1) is 13.5. The summed E-state index contributed by atoms with van der Waals surface area (Å²) in [5.74, 6) is 0.273. The average Bonchev–Trinajstić information content (AvgIpc) is 3.28. The summed E-state index contributed by atoms with van der Waals surface area (Å²) in [6.45, 7) is 3.69. The van der Waals surface area contributed by atoms with E-state index in [4.69, 9.17) is 4.52 Å². The Labute approximate surface area is 164 Å². The van der Waals surface area contributed by atoms with Crippen molar-refractivity contribution >= 4 is 32.6 Å². The first-order valence-corrected chi connectivity index (χ1v) is 9.56. The second-order valence-electron chi connectivity index (χ2n) is 6.51. The summed E-state index contributed by atoms with van der Waals surface area (Å²) in [4.78, 5) is 20.9. The fourth-order valence-corrected chi connectivity index (χ4v) is 3.73. The first-order valence-electron chi connectivity index (χ1n) is 8.74. The summed E-state index contributed by atoms with van der Waals surface area (Å²) >= 11 is 1.44. The summed E-state index contributed by atoms with van der Waals surface area (Å²) in [5, 5.41) is 7.28. The van der Waals surface area contributed by atoms with Crippen LogP contribution in [0.25, 0.3) is 21.6 Å². The third kappa shape index (κ3) is 3.91. The topological polar surface area (TPSA) is 80.9 Å².